The van der Waals surface area contributed by atoms with E-state index in [0.717, 1.165) is 51.2 Å². The second-order valence-corrected chi connectivity index (χ2v) is 6.74. The summed E-state index contributed by atoms with van der Waals surface area (Å²) in [7, 11) is 1.76. The molecule has 2 aliphatic rings. The number of carbonyl (C=O) groups excluding carboxylic acids is 1. The third-order valence-corrected chi connectivity index (χ3v) is 5.52. The van der Waals surface area contributed by atoms with Crippen molar-refractivity contribution in [2.24, 2.45) is 11.3 Å². The van der Waals surface area contributed by atoms with Gasteiger partial charge in [0.05, 0.1) is 12.2 Å². The summed E-state index contributed by atoms with van der Waals surface area (Å²) in [6, 6.07) is 1.92. The van der Waals surface area contributed by atoms with Crippen LogP contribution < -0.4 is 5.32 Å². The number of carbonyl (C=O) groups is 1. The number of nitrogens with one attached hydrogen (secondary N) is 1. The molecule has 5 heteroatoms. The molecule has 0 saturated carbocycles. The minimum absolute atomic E-state index is 0.183. The zero-order chi connectivity index (χ0) is 14.0. The maximum Gasteiger partial charge on any atom is 0.254 e. The number of likely N-dealkylation sites (tertiary alicyclic amines) is 1. The topological polar surface area (TPSA) is 41.6 Å². The molecule has 0 aliphatic carbocycles. The third kappa shape index (κ3) is 2.50. The number of nitrogens with zero attached hydrogens (tertiary/aromatic N) is 1. The number of amides is 1. The predicted molar refractivity (Wildman–Crippen MR) is 80.1 cm³/mol. The molecule has 1 aromatic heterocycles. The van der Waals surface area contributed by atoms with Crippen molar-refractivity contribution in [3.63, 3.8) is 0 Å². The Bertz CT molecular complexity index is 454. The van der Waals surface area contributed by atoms with E-state index >= 15 is 0 Å². The molecule has 2 aliphatic heterocycles. The van der Waals surface area contributed by atoms with Crippen molar-refractivity contribution in [1.29, 1.82) is 0 Å². The lowest BCUT2D eigenvalue weighted by Crippen LogP contribution is -2.43. The number of ether oxygens (including phenoxy) is 1. The van der Waals surface area contributed by atoms with Crippen LogP contribution in [-0.2, 0) is 4.74 Å². The quantitative estimate of drug-likeness (QED) is 0.925. The monoisotopic (exact) mass is 294 g/mol. The van der Waals surface area contributed by atoms with E-state index in [1.807, 2.05) is 21.7 Å². The Morgan fingerprint density at radius 1 is 1.55 bits per heavy atom. The van der Waals surface area contributed by atoms with E-state index in [-0.39, 0.29) is 11.3 Å². The van der Waals surface area contributed by atoms with Crippen LogP contribution >= 0.6 is 11.3 Å². The molecule has 1 atom stereocenters. The molecule has 20 heavy (non-hydrogen) atoms. The van der Waals surface area contributed by atoms with Crippen molar-refractivity contribution >= 4 is 17.2 Å². The fourth-order valence-electron chi connectivity index (χ4n) is 3.68. The van der Waals surface area contributed by atoms with Gasteiger partial charge in [-0.05, 0) is 42.8 Å². The standard InChI is InChI=1S/C15H22N2O2S/c1-19-9-13-8-17(14(18)12-2-7-20-10-12)11-15(13)3-5-16-6-4-15/h2,7,10,13,16H,3-6,8-9,11H2,1H3. The van der Waals surface area contributed by atoms with E-state index in [2.05, 4.69) is 5.32 Å². The molecule has 2 saturated heterocycles. The molecule has 3 rings (SSSR count). The summed E-state index contributed by atoms with van der Waals surface area (Å²) in [6.45, 7) is 4.59. The molecule has 1 N–H and O–H groups in total. The maximum atomic E-state index is 12.6. The van der Waals surface area contributed by atoms with Gasteiger partial charge in [0.2, 0.25) is 0 Å². The van der Waals surface area contributed by atoms with Gasteiger partial charge in [0, 0.05) is 31.5 Å². The van der Waals surface area contributed by atoms with Gasteiger partial charge in [-0.1, -0.05) is 0 Å². The van der Waals surface area contributed by atoms with Gasteiger partial charge in [-0.25, -0.2) is 0 Å². The fourth-order valence-corrected chi connectivity index (χ4v) is 4.31. The number of piperidine rings is 1. The van der Waals surface area contributed by atoms with Crippen LogP contribution in [0.5, 0.6) is 0 Å². The van der Waals surface area contributed by atoms with E-state index in [9.17, 15) is 4.79 Å². The molecule has 1 aromatic rings. The van der Waals surface area contributed by atoms with Gasteiger partial charge < -0.3 is 15.0 Å². The molecule has 1 amide bonds. The first kappa shape index (κ1) is 14.0. The summed E-state index contributed by atoms with van der Waals surface area (Å²) in [5.41, 5.74) is 1.09. The zero-order valence-electron chi connectivity index (χ0n) is 11.9. The Labute approximate surface area is 124 Å². The highest BCUT2D eigenvalue weighted by Crippen LogP contribution is 2.43. The first-order valence-electron chi connectivity index (χ1n) is 7.26. The van der Waals surface area contributed by atoms with Gasteiger partial charge >= 0.3 is 0 Å². The van der Waals surface area contributed by atoms with Crippen molar-refractivity contribution < 1.29 is 9.53 Å². The van der Waals surface area contributed by atoms with Crippen LogP contribution in [0.2, 0.25) is 0 Å². The van der Waals surface area contributed by atoms with E-state index in [0.29, 0.717) is 5.92 Å². The molecule has 1 unspecified atom stereocenters. The van der Waals surface area contributed by atoms with Crippen molar-refractivity contribution in [2.75, 3.05) is 39.9 Å². The smallest absolute Gasteiger partial charge is 0.254 e. The third-order valence-electron chi connectivity index (χ3n) is 4.84. The molecule has 110 valence electrons. The lowest BCUT2D eigenvalue weighted by Gasteiger charge is -2.38. The Kier molecular flexibility index (Phi) is 4.10. The summed E-state index contributed by atoms with van der Waals surface area (Å²) < 4.78 is 5.42. The van der Waals surface area contributed by atoms with Crippen LogP contribution in [0, 0.1) is 11.3 Å². The van der Waals surface area contributed by atoms with E-state index in [1.165, 1.54) is 0 Å². The summed E-state index contributed by atoms with van der Waals surface area (Å²) in [5.74, 6) is 0.653. The Morgan fingerprint density at radius 2 is 2.35 bits per heavy atom. The maximum absolute atomic E-state index is 12.6. The van der Waals surface area contributed by atoms with Crippen LogP contribution in [0.1, 0.15) is 23.2 Å². The average Bonchev–Trinajstić information content (AvgIpc) is 3.09. The molecular weight excluding hydrogens is 272 g/mol. The van der Waals surface area contributed by atoms with E-state index in [1.54, 1.807) is 18.4 Å². The number of hydrogen-bond donors (Lipinski definition) is 1. The van der Waals surface area contributed by atoms with Gasteiger partial charge in [0.25, 0.3) is 5.91 Å². The largest absolute Gasteiger partial charge is 0.384 e. The normalized spacial score (nSPS) is 25.2. The number of methoxy groups -OCH3 is 1. The number of thiophene rings is 1. The first-order chi connectivity index (χ1) is 9.75. The predicted octanol–water partition coefficient (Wildman–Crippen LogP) is 1.84. The highest BCUT2D eigenvalue weighted by Gasteiger charge is 2.48. The van der Waals surface area contributed by atoms with Crippen LogP contribution in [0.4, 0.5) is 0 Å². The molecule has 0 aromatic carbocycles. The van der Waals surface area contributed by atoms with Gasteiger partial charge in [-0.15, -0.1) is 0 Å². The highest BCUT2D eigenvalue weighted by atomic mass is 32.1. The van der Waals surface area contributed by atoms with Crippen LogP contribution in [0.3, 0.4) is 0 Å². The van der Waals surface area contributed by atoms with Crippen molar-refractivity contribution in [2.45, 2.75) is 12.8 Å². The molecule has 4 nitrogen and oxygen atoms in total. The SMILES string of the molecule is COCC1CN(C(=O)c2ccsc2)CC12CCNCC2. The van der Waals surface area contributed by atoms with Crippen molar-refractivity contribution in [3.8, 4) is 0 Å². The molecule has 1 spiro atoms. The molecule has 2 fully saturated rings. The summed E-state index contributed by atoms with van der Waals surface area (Å²) in [4.78, 5) is 14.6. The Balaban J connectivity index is 1.77. The summed E-state index contributed by atoms with van der Waals surface area (Å²) in [5, 5.41) is 7.34. The highest BCUT2D eigenvalue weighted by molar-refractivity contribution is 7.08. The summed E-state index contributed by atoms with van der Waals surface area (Å²) in [6.07, 6.45) is 2.29. The van der Waals surface area contributed by atoms with Crippen LogP contribution in [0.25, 0.3) is 0 Å². The Morgan fingerprint density at radius 3 is 3.00 bits per heavy atom. The van der Waals surface area contributed by atoms with Crippen LogP contribution in [-0.4, -0.2) is 50.7 Å². The van der Waals surface area contributed by atoms with E-state index in [4.69, 9.17) is 4.74 Å². The van der Waals surface area contributed by atoms with Gasteiger partial charge in [0.15, 0.2) is 0 Å². The van der Waals surface area contributed by atoms with Gasteiger partial charge in [-0.2, -0.15) is 11.3 Å². The lowest BCUT2D eigenvalue weighted by molar-refractivity contribution is 0.0702. The minimum atomic E-state index is 0.183. The molecule has 3 heterocycles. The number of hydrogen-bond acceptors (Lipinski definition) is 4. The second-order valence-electron chi connectivity index (χ2n) is 5.96. The van der Waals surface area contributed by atoms with Crippen LogP contribution in [0.15, 0.2) is 16.8 Å². The molecule has 0 bridgehead atoms. The molecular formula is C15H22N2O2S. The number of rotatable bonds is 3. The summed E-state index contributed by atoms with van der Waals surface area (Å²) >= 11 is 1.58. The Hall–Kier alpha value is -0.910. The second kappa shape index (κ2) is 5.84. The van der Waals surface area contributed by atoms with Crippen molar-refractivity contribution in [3.05, 3.63) is 22.4 Å². The molecule has 0 radical (unpaired) electrons. The minimum Gasteiger partial charge on any atom is -0.384 e. The van der Waals surface area contributed by atoms with E-state index < -0.39 is 0 Å². The fraction of sp³-hybridized carbons (Fsp3) is 0.667. The average molecular weight is 294 g/mol. The van der Waals surface area contributed by atoms with Gasteiger partial charge in [0.1, 0.15) is 0 Å². The lowest BCUT2D eigenvalue weighted by atomic mass is 9.71. The zero-order valence-corrected chi connectivity index (χ0v) is 12.7. The van der Waals surface area contributed by atoms with Gasteiger partial charge in [-0.3, -0.25) is 4.79 Å². The first-order valence-corrected chi connectivity index (χ1v) is 8.20. The van der Waals surface area contributed by atoms with Crippen molar-refractivity contribution in [1.82, 2.24) is 10.2 Å².